The van der Waals surface area contributed by atoms with Crippen LogP contribution in [0.15, 0.2) is 54.6 Å². The number of ether oxygens (including phenoxy) is 1. The third kappa shape index (κ3) is 4.36. The zero-order valence-electron chi connectivity index (χ0n) is 14.1. The highest BCUT2D eigenvalue weighted by Gasteiger charge is 2.32. The molecule has 1 fully saturated rings. The predicted octanol–water partition coefficient (Wildman–Crippen LogP) is 3.71. The normalized spacial score (nSPS) is 13.5. The van der Waals surface area contributed by atoms with Gasteiger partial charge in [-0.05, 0) is 29.5 Å². The van der Waals surface area contributed by atoms with Crippen LogP contribution in [-0.2, 0) is 24.4 Å². The Hall–Kier alpha value is -2.33. The molecule has 4 nitrogen and oxygen atoms in total. The average molecular weight is 324 g/mol. The van der Waals surface area contributed by atoms with Crippen LogP contribution in [0.1, 0.15) is 29.5 Å². The van der Waals surface area contributed by atoms with Crippen LogP contribution < -0.4 is 5.32 Å². The van der Waals surface area contributed by atoms with Crippen molar-refractivity contribution in [2.45, 2.75) is 38.6 Å². The highest BCUT2D eigenvalue weighted by Crippen LogP contribution is 2.28. The maximum atomic E-state index is 12.7. The Labute approximate surface area is 143 Å². The molecule has 1 saturated carbocycles. The van der Waals surface area contributed by atoms with E-state index in [1.54, 1.807) is 7.11 Å². The van der Waals surface area contributed by atoms with Gasteiger partial charge in [0.25, 0.3) is 0 Å². The molecule has 4 heteroatoms. The first kappa shape index (κ1) is 16.5. The summed E-state index contributed by atoms with van der Waals surface area (Å²) in [6, 6.07) is 18.6. The van der Waals surface area contributed by atoms with E-state index in [1.807, 2.05) is 47.4 Å². The number of carbonyl (C=O) groups excluding carboxylic acids is 1. The second-order valence-electron chi connectivity index (χ2n) is 6.21. The first-order chi connectivity index (χ1) is 11.8. The third-order valence-corrected chi connectivity index (χ3v) is 4.29. The van der Waals surface area contributed by atoms with Crippen molar-refractivity contribution >= 4 is 6.03 Å². The number of rotatable bonds is 7. The molecule has 24 heavy (non-hydrogen) atoms. The zero-order valence-corrected chi connectivity index (χ0v) is 14.1. The SMILES string of the molecule is COCc1ccccc1CNC(=O)N(Cc1ccccc1)C1CC1. The van der Waals surface area contributed by atoms with E-state index in [4.69, 9.17) is 4.74 Å². The van der Waals surface area contributed by atoms with Gasteiger partial charge < -0.3 is 15.0 Å². The summed E-state index contributed by atoms with van der Waals surface area (Å²) in [4.78, 5) is 14.6. The number of nitrogens with one attached hydrogen (secondary N) is 1. The smallest absolute Gasteiger partial charge is 0.318 e. The monoisotopic (exact) mass is 324 g/mol. The fourth-order valence-corrected chi connectivity index (χ4v) is 2.83. The number of hydrogen-bond acceptors (Lipinski definition) is 2. The minimum Gasteiger partial charge on any atom is -0.380 e. The lowest BCUT2D eigenvalue weighted by Gasteiger charge is -2.23. The molecule has 1 aliphatic carbocycles. The van der Waals surface area contributed by atoms with Gasteiger partial charge in [0.1, 0.15) is 0 Å². The maximum absolute atomic E-state index is 12.7. The van der Waals surface area contributed by atoms with Crippen molar-refractivity contribution in [3.05, 3.63) is 71.3 Å². The van der Waals surface area contributed by atoms with Crippen LogP contribution in [0, 0.1) is 0 Å². The van der Waals surface area contributed by atoms with Crippen molar-refractivity contribution in [2.24, 2.45) is 0 Å². The molecular weight excluding hydrogens is 300 g/mol. The number of methoxy groups -OCH3 is 1. The van der Waals surface area contributed by atoms with Gasteiger partial charge in [0.2, 0.25) is 0 Å². The van der Waals surface area contributed by atoms with Crippen molar-refractivity contribution in [3.63, 3.8) is 0 Å². The van der Waals surface area contributed by atoms with E-state index >= 15 is 0 Å². The van der Waals surface area contributed by atoms with E-state index in [0.717, 1.165) is 24.0 Å². The summed E-state index contributed by atoms with van der Waals surface area (Å²) >= 11 is 0. The van der Waals surface area contributed by atoms with Gasteiger partial charge in [-0.15, -0.1) is 0 Å². The Balaban J connectivity index is 1.62. The molecule has 0 saturated heterocycles. The van der Waals surface area contributed by atoms with Crippen LogP contribution in [0.5, 0.6) is 0 Å². The van der Waals surface area contributed by atoms with Gasteiger partial charge >= 0.3 is 6.03 Å². The Bertz CT molecular complexity index is 668. The molecule has 3 rings (SSSR count). The molecule has 0 heterocycles. The summed E-state index contributed by atoms with van der Waals surface area (Å²) in [5, 5.41) is 3.07. The number of amides is 2. The standard InChI is InChI=1S/C20H24N2O2/c1-24-15-18-10-6-5-9-17(18)13-21-20(23)22(19-11-12-19)14-16-7-3-2-4-8-16/h2-10,19H,11-15H2,1H3,(H,21,23). The Morgan fingerprint density at radius 3 is 2.42 bits per heavy atom. The van der Waals surface area contributed by atoms with Crippen LogP contribution in [0.3, 0.4) is 0 Å². The number of carbonyl (C=O) groups is 1. The van der Waals surface area contributed by atoms with Crippen molar-refractivity contribution in [2.75, 3.05) is 7.11 Å². The van der Waals surface area contributed by atoms with E-state index < -0.39 is 0 Å². The number of urea groups is 1. The van der Waals surface area contributed by atoms with E-state index in [1.165, 1.54) is 5.56 Å². The number of benzene rings is 2. The topological polar surface area (TPSA) is 41.6 Å². The summed E-state index contributed by atoms with van der Waals surface area (Å²) in [6.07, 6.45) is 2.20. The molecule has 0 radical (unpaired) electrons. The largest absolute Gasteiger partial charge is 0.380 e. The van der Waals surface area contributed by atoms with Crippen LogP contribution in [-0.4, -0.2) is 24.1 Å². The highest BCUT2D eigenvalue weighted by atomic mass is 16.5. The molecule has 1 N–H and O–H groups in total. The Morgan fingerprint density at radius 2 is 1.75 bits per heavy atom. The fraction of sp³-hybridized carbons (Fsp3) is 0.350. The summed E-state index contributed by atoms with van der Waals surface area (Å²) in [5.74, 6) is 0. The lowest BCUT2D eigenvalue weighted by Crippen LogP contribution is -2.40. The third-order valence-electron chi connectivity index (χ3n) is 4.29. The van der Waals surface area contributed by atoms with Gasteiger partial charge in [0.05, 0.1) is 6.61 Å². The number of hydrogen-bond donors (Lipinski definition) is 1. The molecule has 0 spiro atoms. The summed E-state index contributed by atoms with van der Waals surface area (Å²) in [6.45, 7) is 1.75. The highest BCUT2D eigenvalue weighted by molar-refractivity contribution is 5.75. The first-order valence-electron chi connectivity index (χ1n) is 8.42. The molecule has 0 bridgehead atoms. The van der Waals surface area contributed by atoms with Crippen molar-refractivity contribution in [1.82, 2.24) is 10.2 Å². The van der Waals surface area contributed by atoms with Gasteiger partial charge in [-0.3, -0.25) is 0 Å². The van der Waals surface area contributed by atoms with Gasteiger partial charge in [-0.25, -0.2) is 4.79 Å². The van der Waals surface area contributed by atoms with Crippen LogP contribution >= 0.6 is 0 Å². The molecule has 2 aromatic rings. The van der Waals surface area contributed by atoms with E-state index in [9.17, 15) is 4.79 Å². The molecule has 0 atom stereocenters. The summed E-state index contributed by atoms with van der Waals surface area (Å²) in [7, 11) is 1.68. The van der Waals surface area contributed by atoms with Gasteiger partial charge in [-0.1, -0.05) is 54.6 Å². The van der Waals surface area contributed by atoms with Gasteiger partial charge in [-0.2, -0.15) is 0 Å². The Kier molecular flexibility index (Phi) is 5.49. The average Bonchev–Trinajstić information content (AvgIpc) is 3.45. The lowest BCUT2D eigenvalue weighted by molar-refractivity contribution is 0.183. The second kappa shape index (κ2) is 7.97. The molecule has 2 amide bonds. The summed E-state index contributed by atoms with van der Waals surface area (Å²) < 4.78 is 5.23. The van der Waals surface area contributed by atoms with Crippen molar-refractivity contribution in [1.29, 1.82) is 0 Å². The molecular formula is C20H24N2O2. The molecule has 1 aliphatic rings. The predicted molar refractivity (Wildman–Crippen MR) is 94.4 cm³/mol. The Morgan fingerprint density at radius 1 is 1.08 bits per heavy atom. The zero-order chi connectivity index (χ0) is 16.8. The molecule has 0 aliphatic heterocycles. The second-order valence-corrected chi connectivity index (χ2v) is 6.21. The summed E-state index contributed by atoms with van der Waals surface area (Å²) in [5.41, 5.74) is 3.38. The van der Waals surface area contributed by atoms with Crippen LogP contribution in [0.4, 0.5) is 4.79 Å². The van der Waals surface area contributed by atoms with Crippen LogP contribution in [0.25, 0.3) is 0 Å². The minimum atomic E-state index is 0.00794. The van der Waals surface area contributed by atoms with E-state index in [0.29, 0.717) is 25.7 Å². The van der Waals surface area contributed by atoms with Crippen molar-refractivity contribution < 1.29 is 9.53 Å². The molecule has 0 unspecified atom stereocenters. The first-order valence-corrected chi connectivity index (χ1v) is 8.42. The van der Waals surface area contributed by atoms with Gasteiger partial charge in [0, 0.05) is 26.2 Å². The molecule has 126 valence electrons. The van der Waals surface area contributed by atoms with Crippen LogP contribution in [0.2, 0.25) is 0 Å². The quantitative estimate of drug-likeness (QED) is 0.843. The fourth-order valence-electron chi connectivity index (χ4n) is 2.83. The number of nitrogens with zero attached hydrogens (tertiary/aromatic N) is 1. The minimum absolute atomic E-state index is 0.00794. The lowest BCUT2D eigenvalue weighted by atomic mass is 10.1. The van der Waals surface area contributed by atoms with Gasteiger partial charge in [0.15, 0.2) is 0 Å². The maximum Gasteiger partial charge on any atom is 0.318 e. The molecule has 0 aromatic heterocycles. The van der Waals surface area contributed by atoms with E-state index in [2.05, 4.69) is 17.4 Å². The van der Waals surface area contributed by atoms with Crippen molar-refractivity contribution in [3.8, 4) is 0 Å². The van der Waals surface area contributed by atoms with E-state index in [-0.39, 0.29) is 6.03 Å². The molecule has 2 aromatic carbocycles.